The lowest BCUT2D eigenvalue weighted by atomic mass is 9.68. The predicted molar refractivity (Wildman–Crippen MR) is 110 cm³/mol. The fourth-order valence-corrected chi connectivity index (χ4v) is 4.85. The highest BCUT2D eigenvalue weighted by Crippen LogP contribution is 2.45. The first-order chi connectivity index (χ1) is 13.9. The van der Waals surface area contributed by atoms with Gasteiger partial charge in [0.25, 0.3) is 0 Å². The van der Waals surface area contributed by atoms with E-state index in [9.17, 15) is 19.5 Å². The molecule has 0 aromatic carbocycles. The highest BCUT2D eigenvalue weighted by molar-refractivity contribution is 5.96. The number of fused-ring (bicyclic) bond motifs is 1. The van der Waals surface area contributed by atoms with Crippen LogP contribution in [-0.2, 0) is 19.1 Å². The van der Waals surface area contributed by atoms with Gasteiger partial charge in [-0.2, -0.15) is 0 Å². The van der Waals surface area contributed by atoms with Gasteiger partial charge in [0.05, 0.1) is 25.0 Å². The van der Waals surface area contributed by atoms with E-state index in [1.54, 1.807) is 6.92 Å². The maximum atomic E-state index is 13.3. The molecule has 29 heavy (non-hydrogen) atoms. The summed E-state index contributed by atoms with van der Waals surface area (Å²) in [6.07, 6.45) is 7.37. The molecule has 2 amide bonds. The van der Waals surface area contributed by atoms with Crippen molar-refractivity contribution < 1.29 is 24.2 Å². The Bertz CT molecular complexity index is 620. The van der Waals surface area contributed by atoms with E-state index in [0.29, 0.717) is 0 Å². The fraction of sp³-hybridized carbons (Fsp3) is 0.773. The van der Waals surface area contributed by atoms with Gasteiger partial charge in [0, 0.05) is 18.5 Å². The van der Waals surface area contributed by atoms with E-state index >= 15 is 0 Å². The van der Waals surface area contributed by atoms with Crippen molar-refractivity contribution >= 4 is 17.8 Å². The van der Waals surface area contributed by atoms with Crippen LogP contribution in [0.25, 0.3) is 0 Å². The van der Waals surface area contributed by atoms with E-state index in [4.69, 9.17) is 4.74 Å². The van der Waals surface area contributed by atoms with E-state index in [0.717, 1.165) is 25.7 Å². The molecule has 1 unspecified atom stereocenters. The Labute approximate surface area is 173 Å². The van der Waals surface area contributed by atoms with Crippen molar-refractivity contribution in [2.75, 3.05) is 19.8 Å². The van der Waals surface area contributed by atoms with Crippen LogP contribution in [0.2, 0.25) is 0 Å². The first kappa shape index (κ1) is 23.4. The van der Waals surface area contributed by atoms with Crippen molar-refractivity contribution in [2.24, 2.45) is 23.7 Å². The summed E-state index contributed by atoms with van der Waals surface area (Å²) in [4.78, 5) is 40.7. The van der Waals surface area contributed by atoms with Gasteiger partial charge in [-0.3, -0.25) is 14.4 Å². The van der Waals surface area contributed by atoms with Crippen molar-refractivity contribution in [1.29, 1.82) is 0 Å². The van der Waals surface area contributed by atoms with Crippen molar-refractivity contribution in [3.8, 4) is 0 Å². The van der Waals surface area contributed by atoms with Crippen LogP contribution >= 0.6 is 0 Å². The van der Waals surface area contributed by atoms with Crippen molar-refractivity contribution in [2.45, 2.75) is 65.5 Å². The number of ether oxygens (including phenoxy) is 1. The number of aliphatic hydroxyl groups excluding tert-OH is 1. The number of carbonyl (C=O) groups excluding carboxylic acids is 3. The second-order valence-corrected chi connectivity index (χ2v) is 8.12. The molecule has 6 atom stereocenters. The Balaban J connectivity index is 2.38. The van der Waals surface area contributed by atoms with E-state index in [1.807, 2.05) is 26.0 Å². The van der Waals surface area contributed by atoms with Gasteiger partial charge in [-0.1, -0.05) is 38.8 Å². The van der Waals surface area contributed by atoms with Gasteiger partial charge >= 0.3 is 5.97 Å². The molecule has 0 aromatic heterocycles. The molecule has 0 spiro atoms. The molecule has 1 aliphatic carbocycles. The Hall–Kier alpha value is -1.89. The number of allylic oxidation sites excluding steroid dienone is 1. The number of likely N-dealkylation sites (tertiary alicyclic amines) is 1. The number of amides is 2. The smallest absolute Gasteiger partial charge is 0.310 e. The molecule has 1 saturated heterocycles. The molecule has 1 heterocycles. The molecular weight excluding hydrogens is 372 g/mol. The molecule has 0 bridgehead atoms. The maximum Gasteiger partial charge on any atom is 0.310 e. The summed E-state index contributed by atoms with van der Waals surface area (Å²) < 4.78 is 5.31. The average Bonchev–Trinajstić information content (AvgIpc) is 2.95. The molecule has 2 N–H and O–H groups in total. The van der Waals surface area contributed by atoms with Crippen LogP contribution < -0.4 is 5.32 Å². The molecule has 2 aliphatic rings. The maximum absolute atomic E-state index is 13.3. The quantitative estimate of drug-likeness (QED) is 0.425. The van der Waals surface area contributed by atoms with Gasteiger partial charge in [0.15, 0.2) is 0 Å². The van der Waals surface area contributed by atoms with Crippen LogP contribution in [0.1, 0.15) is 53.4 Å². The van der Waals surface area contributed by atoms with Crippen LogP contribution in [0.5, 0.6) is 0 Å². The summed E-state index contributed by atoms with van der Waals surface area (Å²) in [5.41, 5.74) is 0. The highest BCUT2D eigenvalue weighted by atomic mass is 16.5. The number of carbonyl (C=O) groups is 3. The minimum absolute atomic E-state index is 0.00103. The lowest BCUT2D eigenvalue weighted by Gasteiger charge is -2.34. The first-order valence-electron chi connectivity index (χ1n) is 11.0. The molecule has 0 saturated carbocycles. The second-order valence-electron chi connectivity index (χ2n) is 8.12. The molecule has 7 nitrogen and oxygen atoms in total. The molecule has 1 aliphatic heterocycles. The molecule has 2 rings (SSSR count). The van der Waals surface area contributed by atoms with Crippen molar-refractivity contribution in [3.63, 3.8) is 0 Å². The van der Waals surface area contributed by atoms with Gasteiger partial charge in [0.1, 0.15) is 6.04 Å². The molecule has 7 heteroatoms. The number of esters is 1. The minimum Gasteiger partial charge on any atom is -0.466 e. The van der Waals surface area contributed by atoms with Crippen LogP contribution in [0.4, 0.5) is 0 Å². The summed E-state index contributed by atoms with van der Waals surface area (Å²) in [5.74, 6) is -2.53. The Kier molecular flexibility index (Phi) is 8.68. The first-order valence-corrected chi connectivity index (χ1v) is 11.0. The Morgan fingerprint density at radius 2 is 1.97 bits per heavy atom. The number of nitrogens with one attached hydrogen (secondary N) is 1. The lowest BCUT2D eigenvalue weighted by molar-refractivity contribution is -0.155. The molecule has 164 valence electrons. The SMILES string of the molecule is CCCC(C)NC(=O)[C@@H]1[C@H]2C=C[C@@H](CCC)[C@@H](C(=O)OCC)[C@@H]2C(=O)N1CCO. The minimum atomic E-state index is -0.713. The van der Waals surface area contributed by atoms with Crippen LogP contribution in [-0.4, -0.2) is 59.6 Å². The Morgan fingerprint density at radius 1 is 1.24 bits per heavy atom. The van der Waals surface area contributed by atoms with Crippen molar-refractivity contribution in [3.05, 3.63) is 12.2 Å². The van der Waals surface area contributed by atoms with E-state index in [-0.39, 0.29) is 49.5 Å². The highest BCUT2D eigenvalue weighted by Gasteiger charge is 2.57. The zero-order chi connectivity index (χ0) is 21.6. The third-order valence-electron chi connectivity index (χ3n) is 6.01. The van der Waals surface area contributed by atoms with Crippen molar-refractivity contribution in [1.82, 2.24) is 10.2 Å². The number of nitrogens with zero attached hydrogens (tertiary/aromatic N) is 1. The second kappa shape index (κ2) is 10.8. The standard InChI is InChI=1S/C22H36N2O5/c1-5-8-14(4)23-20(26)19-16-11-10-15(9-6-2)17(22(28)29-7-3)18(16)21(27)24(19)12-13-25/h10-11,14-19,25H,5-9,12-13H2,1-4H3,(H,23,26)/t14?,15-,16+,17-,18-,19+/m1/s1. The lowest BCUT2D eigenvalue weighted by Crippen LogP contribution is -2.50. The van der Waals surface area contributed by atoms with Gasteiger partial charge in [-0.25, -0.2) is 0 Å². The van der Waals surface area contributed by atoms with Crippen LogP contribution in [0, 0.1) is 23.7 Å². The fourth-order valence-electron chi connectivity index (χ4n) is 4.85. The van der Waals surface area contributed by atoms with E-state index in [1.165, 1.54) is 4.90 Å². The van der Waals surface area contributed by atoms with Gasteiger partial charge in [-0.05, 0) is 32.6 Å². The molecule has 0 aromatic rings. The average molecular weight is 409 g/mol. The Morgan fingerprint density at radius 3 is 2.55 bits per heavy atom. The molecule has 1 fully saturated rings. The summed E-state index contributed by atoms with van der Waals surface area (Å²) in [6, 6.07) is -0.714. The third kappa shape index (κ3) is 5.00. The number of aliphatic hydroxyl groups is 1. The summed E-state index contributed by atoms with van der Waals surface area (Å²) in [5, 5.41) is 12.5. The predicted octanol–water partition coefficient (Wildman–Crippen LogP) is 1.89. The molecular formula is C22H36N2O5. The van der Waals surface area contributed by atoms with Crippen LogP contribution in [0.15, 0.2) is 12.2 Å². The summed E-state index contributed by atoms with van der Waals surface area (Å²) >= 11 is 0. The summed E-state index contributed by atoms with van der Waals surface area (Å²) in [7, 11) is 0. The van der Waals surface area contributed by atoms with Gasteiger partial charge < -0.3 is 20.1 Å². The van der Waals surface area contributed by atoms with Gasteiger partial charge in [-0.15, -0.1) is 0 Å². The third-order valence-corrected chi connectivity index (χ3v) is 6.01. The van der Waals surface area contributed by atoms with E-state index < -0.39 is 23.8 Å². The van der Waals surface area contributed by atoms with E-state index in [2.05, 4.69) is 12.2 Å². The number of hydrogen-bond acceptors (Lipinski definition) is 5. The number of rotatable bonds is 10. The number of β-amino-alcohol motifs (C(OH)–C–C–N with tert-alkyl or cyclic N) is 1. The topological polar surface area (TPSA) is 95.9 Å². The zero-order valence-electron chi connectivity index (χ0n) is 18.1. The molecule has 0 radical (unpaired) electrons. The normalized spacial score (nSPS) is 29.5. The summed E-state index contributed by atoms with van der Waals surface area (Å²) in [6.45, 7) is 7.89. The van der Waals surface area contributed by atoms with Crippen LogP contribution in [0.3, 0.4) is 0 Å². The largest absolute Gasteiger partial charge is 0.466 e. The zero-order valence-corrected chi connectivity index (χ0v) is 18.1. The number of hydrogen-bond donors (Lipinski definition) is 2. The van der Waals surface area contributed by atoms with Gasteiger partial charge in [0.2, 0.25) is 11.8 Å². The monoisotopic (exact) mass is 408 g/mol.